The highest BCUT2D eigenvalue weighted by atomic mass is 35.5. The lowest BCUT2D eigenvalue weighted by Crippen LogP contribution is -2.25. The zero-order chi connectivity index (χ0) is 15.4. The molecule has 116 valence electrons. The summed E-state index contributed by atoms with van der Waals surface area (Å²) < 4.78 is 2.29. The molecule has 0 aliphatic carbocycles. The van der Waals surface area contributed by atoms with E-state index in [0.29, 0.717) is 0 Å². The summed E-state index contributed by atoms with van der Waals surface area (Å²) in [6.07, 6.45) is 1.12. The van der Waals surface area contributed by atoms with Crippen LogP contribution in [0.1, 0.15) is 44.0 Å². The van der Waals surface area contributed by atoms with Crippen LogP contribution in [-0.4, -0.2) is 34.1 Å². The number of imidazole rings is 1. The second kappa shape index (κ2) is 7.28. The highest BCUT2D eigenvalue weighted by Crippen LogP contribution is 2.25. The molecule has 0 fully saturated rings. The van der Waals surface area contributed by atoms with Crippen LogP contribution >= 0.6 is 11.6 Å². The standard InChI is InChI=1S/C17H26ClN3/c1-5-20(6-2)10-7-11-21-16-9-8-13(3)12-15(16)19-17(21)14(4)18/h8-9,12,14H,5-7,10-11H2,1-4H3. The molecule has 1 unspecified atom stereocenters. The van der Waals surface area contributed by atoms with Crippen LogP contribution in [0.2, 0.25) is 0 Å². The predicted molar refractivity (Wildman–Crippen MR) is 91.1 cm³/mol. The molecule has 21 heavy (non-hydrogen) atoms. The minimum Gasteiger partial charge on any atom is -0.327 e. The van der Waals surface area contributed by atoms with Crippen LogP contribution in [0.25, 0.3) is 11.0 Å². The van der Waals surface area contributed by atoms with Crippen LogP contribution in [0.5, 0.6) is 0 Å². The van der Waals surface area contributed by atoms with E-state index in [2.05, 4.69) is 48.4 Å². The Hall–Kier alpha value is -1.06. The Morgan fingerprint density at radius 1 is 1.29 bits per heavy atom. The van der Waals surface area contributed by atoms with Crippen molar-refractivity contribution in [2.24, 2.45) is 0 Å². The molecule has 2 aromatic rings. The van der Waals surface area contributed by atoms with Crippen LogP contribution in [-0.2, 0) is 6.54 Å². The molecule has 0 spiro atoms. The van der Waals surface area contributed by atoms with Gasteiger partial charge in [0, 0.05) is 6.54 Å². The Bertz CT molecular complexity index is 585. The molecular formula is C17H26ClN3. The summed E-state index contributed by atoms with van der Waals surface area (Å²) in [5.41, 5.74) is 3.49. The fourth-order valence-corrected chi connectivity index (χ4v) is 2.96. The smallest absolute Gasteiger partial charge is 0.127 e. The summed E-state index contributed by atoms with van der Waals surface area (Å²) in [5, 5.41) is -0.0637. The minimum absolute atomic E-state index is 0.0637. The minimum atomic E-state index is -0.0637. The monoisotopic (exact) mass is 307 g/mol. The molecule has 0 radical (unpaired) electrons. The van der Waals surface area contributed by atoms with Gasteiger partial charge in [0.1, 0.15) is 5.82 Å². The SMILES string of the molecule is CCN(CC)CCCn1c(C(C)Cl)nc2cc(C)ccc21. The molecule has 2 rings (SSSR count). The van der Waals surface area contributed by atoms with Gasteiger partial charge in [0.25, 0.3) is 0 Å². The Kier molecular flexibility index (Phi) is 5.65. The normalized spacial score (nSPS) is 13.2. The molecule has 3 nitrogen and oxygen atoms in total. The topological polar surface area (TPSA) is 21.1 Å². The number of aryl methyl sites for hydroxylation is 2. The molecule has 1 aromatic carbocycles. The quantitative estimate of drug-likeness (QED) is 0.708. The first-order valence-electron chi connectivity index (χ1n) is 7.90. The maximum Gasteiger partial charge on any atom is 0.127 e. The summed E-state index contributed by atoms with van der Waals surface area (Å²) in [6.45, 7) is 12.8. The molecule has 0 saturated carbocycles. The molecule has 0 aliphatic rings. The van der Waals surface area contributed by atoms with Gasteiger partial charge in [-0.25, -0.2) is 4.98 Å². The number of hydrogen-bond acceptors (Lipinski definition) is 2. The molecule has 0 saturated heterocycles. The second-order valence-electron chi connectivity index (χ2n) is 5.61. The van der Waals surface area contributed by atoms with Gasteiger partial charge in [-0.15, -0.1) is 11.6 Å². The second-order valence-corrected chi connectivity index (χ2v) is 6.26. The van der Waals surface area contributed by atoms with Gasteiger partial charge < -0.3 is 9.47 Å². The third-order valence-electron chi connectivity index (χ3n) is 4.04. The van der Waals surface area contributed by atoms with Crippen molar-refractivity contribution in [3.05, 3.63) is 29.6 Å². The summed E-state index contributed by atoms with van der Waals surface area (Å²) in [5.74, 6) is 0.983. The summed E-state index contributed by atoms with van der Waals surface area (Å²) in [6, 6.07) is 6.45. The van der Waals surface area contributed by atoms with E-state index in [1.165, 1.54) is 11.1 Å². The number of fused-ring (bicyclic) bond motifs is 1. The molecule has 4 heteroatoms. The molecule has 0 aliphatic heterocycles. The van der Waals surface area contributed by atoms with Crippen LogP contribution in [0.15, 0.2) is 18.2 Å². The van der Waals surface area contributed by atoms with Gasteiger partial charge in [0.15, 0.2) is 0 Å². The summed E-state index contributed by atoms with van der Waals surface area (Å²) in [7, 11) is 0. The molecule has 0 N–H and O–H groups in total. The van der Waals surface area contributed by atoms with Gasteiger partial charge in [0.2, 0.25) is 0 Å². The first kappa shape index (κ1) is 16.3. The molecule has 1 heterocycles. The Morgan fingerprint density at radius 2 is 2.00 bits per heavy atom. The van der Waals surface area contributed by atoms with Crippen molar-refractivity contribution in [2.75, 3.05) is 19.6 Å². The first-order chi connectivity index (χ1) is 10.1. The van der Waals surface area contributed by atoms with E-state index in [0.717, 1.165) is 43.9 Å². The largest absolute Gasteiger partial charge is 0.327 e. The van der Waals surface area contributed by atoms with E-state index in [4.69, 9.17) is 16.6 Å². The predicted octanol–water partition coefficient (Wildman–Crippen LogP) is 4.38. The van der Waals surface area contributed by atoms with Crippen LogP contribution < -0.4 is 0 Å². The Morgan fingerprint density at radius 3 is 2.62 bits per heavy atom. The molecule has 0 bridgehead atoms. The lowest BCUT2D eigenvalue weighted by atomic mass is 10.2. The van der Waals surface area contributed by atoms with Crippen molar-refractivity contribution in [3.8, 4) is 0 Å². The Labute approximate surface area is 132 Å². The number of aromatic nitrogens is 2. The van der Waals surface area contributed by atoms with Crippen LogP contribution in [0.4, 0.5) is 0 Å². The zero-order valence-electron chi connectivity index (χ0n) is 13.6. The van der Waals surface area contributed by atoms with Gasteiger partial charge in [0.05, 0.1) is 16.4 Å². The van der Waals surface area contributed by atoms with Crippen molar-refractivity contribution in [2.45, 2.75) is 46.0 Å². The highest BCUT2D eigenvalue weighted by molar-refractivity contribution is 6.20. The molecule has 1 atom stereocenters. The van der Waals surface area contributed by atoms with Crippen LogP contribution in [0.3, 0.4) is 0 Å². The number of alkyl halides is 1. The van der Waals surface area contributed by atoms with E-state index in [-0.39, 0.29) is 5.38 Å². The highest BCUT2D eigenvalue weighted by Gasteiger charge is 2.14. The maximum atomic E-state index is 6.32. The lowest BCUT2D eigenvalue weighted by molar-refractivity contribution is 0.293. The summed E-state index contributed by atoms with van der Waals surface area (Å²) in [4.78, 5) is 7.18. The van der Waals surface area contributed by atoms with E-state index in [1.54, 1.807) is 0 Å². The van der Waals surface area contributed by atoms with Gasteiger partial charge in [-0.05, 0) is 57.6 Å². The molecular weight excluding hydrogens is 282 g/mol. The number of benzene rings is 1. The lowest BCUT2D eigenvalue weighted by Gasteiger charge is -2.18. The first-order valence-corrected chi connectivity index (χ1v) is 8.33. The zero-order valence-corrected chi connectivity index (χ0v) is 14.3. The molecule has 0 amide bonds. The average Bonchev–Trinajstić information content (AvgIpc) is 2.81. The fourth-order valence-electron chi connectivity index (χ4n) is 2.79. The van der Waals surface area contributed by atoms with Crippen molar-refractivity contribution in [3.63, 3.8) is 0 Å². The van der Waals surface area contributed by atoms with Crippen molar-refractivity contribution < 1.29 is 0 Å². The third-order valence-corrected chi connectivity index (χ3v) is 4.23. The maximum absolute atomic E-state index is 6.32. The Balaban J connectivity index is 2.22. The van der Waals surface area contributed by atoms with Crippen molar-refractivity contribution in [1.82, 2.24) is 14.5 Å². The van der Waals surface area contributed by atoms with E-state index in [1.807, 2.05) is 6.92 Å². The average molecular weight is 308 g/mol. The number of halogens is 1. The number of nitrogens with zero attached hydrogens (tertiary/aromatic N) is 3. The summed E-state index contributed by atoms with van der Waals surface area (Å²) >= 11 is 6.32. The van der Waals surface area contributed by atoms with Crippen LogP contribution in [0, 0.1) is 6.92 Å². The van der Waals surface area contributed by atoms with E-state index in [9.17, 15) is 0 Å². The van der Waals surface area contributed by atoms with E-state index >= 15 is 0 Å². The fraction of sp³-hybridized carbons (Fsp3) is 0.588. The van der Waals surface area contributed by atoms with Gasteiger partial charge in [-0.1, -0.05) is 19.9 Å². The van der Waals surface area contributed by atoms with Crippen molar-refractivity contribution >= 4 is 22.6 Å². The van der Waals surface area contributed by atoms with Gasteiger partial charge in [-0.2, -0.15) is 0 Å². The van der Waals surface area contributed by atoms with Crippen molar-refractivity contribution in [1.29, 1.82) is 0 Å². The van der Waals surface area contributed by atoms with Gasteiger partial charge >= 0.3 is 0 Å². The third kappa shape index (κ3) is 3.78. The van der Waals surface area contributed by atoms with E-state index < -0.39 is 0 Å². The molecule has 1 aromatic heterocycles. The number of rotatable bonds is 7. The van der Waals surface area contributed by atoms with Gasteiger partial charge in [-0.3, -0.25) is 0 Å². The number of hydrogen-bond donors (Lipinski definition) is 0.